The van der Waals surface area contributed by atoms with Gasteiger partial charge >= 0.3 is 6.09 Å². The number of morpholine rings is 1. The minimum atomic E-state index is -1.31. The van der Waals surface area contributed by atoms with Gasteiger partial charge in [-0.05, 0) is 24.1 Å². The lowest BCUT2D eigenvalue weighted by atomic mass is 10.1. The summed E-state index contributed by atoms with van der Waals surface area (Å²) >= 11 is 7.41. The van der Waals surface area contributed by atoms with E-state index >= 15 is 0 Å². The first kappa shape index (κ1) is 21.8. The zero-order chi connectivity index (χ0) is 21.7. The van der Waals surface area contributed by atoms with Crippen LogP contribution in [-0.4, -0.2) is 54.9 Å². The van der Waals surface area contributed by atoms with Crippen molar-refractivity contribution in [2.75, 3.05) is 42.6 Å². The quantitative estimate of drug-likeness (QED) is 0.695. The number of nitrogens with zero attached hydrogens (tertiary/aromatic N) is 4. The lowest BCUT2D eigenvalue weighted by molar-refractivity contribution is -0.117. The third-order valence-corrected chi connectivity index (χ3v) is 6.06. The van der Waals surface area contributed by atoms with E-state index in [0.29, 0.717) is 36.5 Å². The first-order valence-corrected chi connectivity index (χ1v) is 10.3. The van der Waals surface area contributed by atoms with Gasteiger partial charge in [-0.2, -0.15) is 5.26 Å². The molecular formula is C19H20ClN5O4S. The van der Waals surface area contributed by atoms with E-state index in [2.05, 4.69) is 16.4 Å². The molecule has 1 aliphatic rings. The maximum absolute atomic E-state index is 12.9. The van der Waals surface area contributed by atoms with Crippen LogP contribution >= 0.6 is 22.9 Å². The lowest BCUT2D eigenvalue weighted by Gasteiger charge is -2.26. The molecule has 0 spiro atoms. The van der Waals surface area contributed by atoms with Crippen LogP contribution < -0.4 is 15.1 Å². The number of ether oxygens (including phenoxy) is 1. The number of amides is 2. The highest BCUT2D eigenvalue weighted by Gasteiger charge is 2.27. The van der Waals surface area contributed by atoms with Gasteiger partial charge in [0.25, 0.3) is 0 Å². The van der Waals surface area contributed by atoms with Gasteiger partial charge in [-0.1, -0.05) is 35.1 Å². The second kappa shape index (κ2) is 9.75. The molecule has 2 N–H and O–H groups in total. The van der Waals surface area contributed by atoms with Crippen molar-refractivity contribution in [2.45, 2.75) is 13.5 Å². The summed E-state index contributed by atoms with van der Waals surface area (Å²) in [6.07, 6.45) is -1.31. The predicted molar refractivity (Wildman–Crippen MR) is 113 cm³/mol. The lowest BCUT2D eigenvalue weighted by Crippen LogP contribution is -2.40. The zero-order valence-electron chi connectivity index (χ0n) is 16.2. The molecule has 1 aromatic carbocycles. The highest BCUT2D eigenvalue weighted by atomic mass is 35.5. The van der Waals surface area contributed by atoms with Gasteiger partial charge in [0.15, 0.2) is 15.8 Å². The van der Waals surface area contributed by atoms with Gasteiger partial charge in [-0.25, -0.2) is 9.78 Å². The molecule has 2 amide bonds. The molecule has 2 heterocycles. The average molecular weight is 450 g/mol. The first-order chi connectivity index (χ1) is 14.4. The molecule has 30 heavy (non-hydrogen) atoms. The van der Waals surface area contributed by atoms with Crippen molar-refractivity contribution < 1.29 is 19.4 Å². The Bertz CT molecular complexity index is 984. The predicted octanol–water partition coefficient (Wildman–Crippen LogP) is 2.61. The molecule has 1 fully saturated rings. The third-order valence-electron chi connectivity index (χ3n) is 4.64. The molecule has 0 aliphatic carbocycles. The van der Waals surface area contributed by atoms with Crippen LogP contribution in [0.2, 0.25) is 5.02 Å². The fraction of sp³-hybridized carbons (Fsp3) is 0.368. The van der Waals surface area contributed by atoms with Crippen LogP contribution in [0.4, 0.5) is 15.7 Å². The molecule has 1 aliphatic heterocycles. The minimum Gasteiger partial charge on any atom is -0.465 e. The van der Waals surface area contributed by atoms with Gasteiger partial charge in [0.2, 0.25) is 5.91 Å². The Balaban J connectivity index is 1.97. The van der Waals surface area contributed by atoms with Crippen molar-refractivity contribution in [3.8, 4) is 6.07 Å². The van der Waals surface area contributed by atoms with Crippen LogP contribution in [0.15, 0.2) is 18.2 Å². The van der Waals surface area contributed by atoms with E-state index in [0.717, 1.165) is 11.1 Å². The van der Waals surface area contributed by atoms with Crippen LogP contribution in [-0.2, 0) is 16.1 Å². The SMILES string of the molecule is Cc1c(Cl)cccc1CN(C(=O)CNC(=O)O)c1nc(N2CCOCC2)sc1C#N. The average Bonchev–Trinajstić information content (AvgIpc) is 3.18. The number of hydrogen-bond acceptors (Lipinski definition) is 7. The highest BCUT2D eigenvalue weighted by Crippen LogP contribution is 2.33. The smallest absolute Gasteiger partial charge is 0.405 e. The number of carbonyl (C=O) groups is 2. The number of nitrogens with one attached hydrogen (secondary N) is 1. The zero-order valence-corrected chi connectivity index (χ0v) is 17.8. The number of rotatable bonds is 6. The van der Waals surface area contributed by atoms with Gasteiger partial charge < -0.3 is 20.1 Å². The van der Waals surface area contributed by atoms with E-state index in [-0.39, 0.29) is 17.2 Å². The molecule has 0 radical (unpaired) electrons. The van der Waals surface area contributed by atoms with Crippen LogP contribution in [0.25, 0.3) is 0 Å². The number of anilines is 2. The standard InChI is InChI=1S/C19H20ClN5O4S/c1-12-13(3-2-4-14(12)20)11-25(16(26)10-22-19(27)28)17-15(9-21)30-18(23-17)24-5-7-29-8-6-24/h2-4,22H,5-8,10-11H2,1H3,(H,27,28). The van der Waals surface area contributed by atoms with Crippen LogP contribution in [0.1, 0.15) is 16.0 Å². The first-order valence-electron chi connectivity index (χ1n) is 9.15. The van der Waals surface area contributed by atoms with E-state index in [1.54, 1.807) is 12.1 Å². The summed E-state index contributed by atoms with van der Waals surface area (Å²) in [6, 6.07) is 7.46. The molecule has 158 valence electrons. The maximum atomic E-state index is 12.9. The molecule has 1 saturated heterocycles. The maximum Gasteiger partial charge on any atom is 0.405 e. The minimum absolute atomic E-state index is 0.105. The Morgan fingerprint density at radius 3 is 2.83 bits per heavy atom. The number of carbonyl (C=O) groups excluding carboxylic acids is 1. The molecule has 0 bridgehead atoms. The Morgan fingerprint density at radius 1 is 1.43 bits per heavy atom. The summed E-state index contributed by atoms with van der Waals surface area (Å²) in [5.74, 6) is -0.312. The van der Waals surface area contributed by atoms with Gasteiger partial charge in [0.1, 0.15) is 12.6 Å². The third kappa shape index (κ3) is 4.99. The van der Waals surface area contributed by atoms with E-state index in [1.807, 2.05) is 17.9 Å². The molecule has 0 unspecified atom stereocenters. The van der Waals surface area contributed by atoms with E-state index in [1.165, 1.54) is 16.2 Å². The summed E-state index contributed by atoms with van der Waals surface area (Å²) in [5, 5.41) is 21.8. The topological polar surface area (TPSA) is 119 Å². The molecule has 3 rings (SSSR count). The number of benzene rings is 1. The van der Waals surface area contributed by atoms with Crippen LogP contribution in [0.3, 0.4) is 0 Å². The van der Waals surface area contributed by atoms with Crippen molar-refractivity contribution >= 4 is 45.9 Å². The van der Waals surface area contributed by atoms with E-state index in [4.69, 9.17) is 21.4 Å². The van der Waals surface area contributed by atoms with Crippen molar-refractivity contribution in [2.24, 2.45) is 0 Å². The second-order valence-corrected chi connectivity index (χ2v) is 7.91. The number of thiazole rings is 1. The Hall–Kier alpha value is -2.87. The summed E-state index contributed by atoms with van der Waals surface area (Å²) in [7, 11) is 0. The normalized spacial score (nSPS) is 13.6. The number of nitriles is 1. The fourth-order valence-electron chi connectivity index (χ4n) is 2.97. The monoisotopic (exact) mass is 449 g/mol. The van der Waals surface area contributed by atoms with E-state index in [9.17, 15) is 14.9 Å². The summed E-state index contributed by atoms with van der Waals surface area (Å²) in [6.45, 7) is 3.89. The molecule has 11 heteroatoms. The van der Waals surface area contributed by atoms with Crippen LogP contribution in [0.5, 0.6) is 0 Å². The number of halogens is 1. The largest absolute Gasteiger partial charge is 0.465 e. The molecular weight excluding hydrogens is 430 g/mol. The van der Waals surface area contributed by atoms with Gasteiger partial charge in [-0.3, -0.25) is 9.69 Å². The Morgan fingerprint density at radius 2 is 2.17 bits per heavy atom. The van der Waals surface area contributed by atoms with Crippen LogP contribution in [0, 0.1) is 18.3 Å². The van der Waals surface area contributed by atoms with Gasteiger partial charge in [0, 0.05) is 18.1 Å². The summed E-state index contributed by atoms with van der Waals surface area (Å²) in [4.78, 5) is 31.9. The molecule has 0 atom stereocenters. The van der Waals surface area contributed by atoms with Crippen molar-refractivity contribution in [3.63, 3.8) is 0 Å². The van der Waals surface area contributed by atoms with Gasteiger partial charge in [-0.15, -0.1) is 0 Å². The molecule has 9 nitrogen and oxygen atoms in total. The van der Waals surface area contributed by atoms with Crippen molar-refractivity contribution in [1.82, 2.24) is 10.3 Å². The highest BCUT2D eigenvalue weighted by molar-refractivity contribution is 7.16. The molecule has 1 aromatic heterocycles. The molecule has 0 saturated carbocycles. The number of carboxylic acid groups (broad SMARTS) is 1. The number of hydrogen-bond donors (Lipinski definition) is 2. The Kier molecular flexibility index (Phi) is 7.10. The van der Waals surface area contributed by atoms with Crippen molar-refractivity contribution in [1.29, 1.82) is 5.26 Å². The Labute approximate surface area is 182 Å². The second-order valence-electron chi connectivity index (χ2n) is 6.52. The van der Waals surface area contributed by atoms with E-state index < -0.39 is 18.5 Å². The van der Waals surface area contributed by atoms with Gasteiger partial charge in [0.05, 0.1) is 19.8 Å². The van der Waals surface area contributed by atoms with Crippen molar-refractivity contribution in [3.05, 3.63) is 39.2 Å². The summed E-state index contributed by atoms with van der Waals surface area (Å²) in [5.41, 5.74) is 1.57. The number of aromatic nitrogens is 1. The fourth-order valence-corrected chi connectivity index (χ4v) is 4.08. The summed E-state index contributed by atoms with van der Waals surface area (Å²) < 4.78 is 5.36. The molecule has 2 aromatic rings.